The number of benzene rings is 1. The summed E-state index contributed by atoms with van der Waals surface area (Å²) in [6.45, 7) is 0.712. The smallest absolute Gasteiger partial charge is 0.175 e. The molecule has 1 saturated carbocycles. The highest BCUT2D eigenvalue weighted by atomic mass is 32.2. The summed E-state index contributed by atoms with van der Waals surface area (Å²) in [5, 5.41) is 12.9. The van der Waals surface area contributed by atoms with Gasteiger partial charge in [-0.25, -0.2) is 8.42 Å². The van der Waals surface area contributed by atoms with Crippen LogP contribution in [-0.2, 0) is 14.6 Å². The van der Waals surface area contributed by atoms with Crippen LogP contribution in [0.3, 0.4) is 0 Å². The third kappa shape index (κ3) is 5.30. The maximum atomic E-state index is 11.3. The second-order valence-corrected chi connectivity index (χ2v) is 7.59. The minimum absolute atomic E-state index is 0.290. The Bertz CT molecular complexity index is 535. The molecular weight excluding hydrogens is 290 g/mol. The molecule has 1 aliphatic rings. The number of nitrogens with one attached hydrogen (secondary N) is 1. The zero-order valence-electron chi connectivity index (χ0n) is 12.3. The average molecular weight is 313 g/mol. The van der Waals surface area contributed by atoms with E-state index in [2.05, 4.69) is 5.32 Å². The Balaban J connectivity index is 1.74. The molecule has 0 saturated heterocycles. The van der Waals surface area contributed by atoms with Crippen molar-refractivity contribution < 1.29 is 18.3 Å². The summed E-state index contributed by atoms with van der Waals surface area (Å²) in [7, 11) is -3.17. The van der Waals surface area contributed by atoms with E-state index in [-0.39, 0.29) is 4.90 Å². The number of aliphatic hydroxyl groups excluding tert-OH is 1. The third-order valence-electron chi connectivity index (χ3n) is 3.65. The molecule has 0 bridgehead atoms. The summed E-state index contributed by atoms with van der Waals surface area (Å²) in [5.41, 5.74) is 0.780. The van der Waals surface area contributed by atoms with Gasteiger partial charge in [-0.15, -0.1) is 0 Å². The highest BCUT2D eigenvalue weighted by Gasteiger charge is 2.16. The highest BCUT2D eigenvalue weighted by molar-refractivity contribution is 7.90. The van der Waals surface area contributed by atoms with E-state index in [1.54, 1.807) is 24.3 Å². The number of rotatable bonds is 7. The lowest BCUT2D eigenvalue weighted by atomic mass is 10.3. The summed E-state index contributed by atoms with van der Waals surface area (Å²) in [6.07, 6.45) is 5.52. The summed E-state index contributed by atoms with van der Waals surface area (Å²) in [5.74, 6) is 0. The van der Waals surface area contributed by atoms with Gasteiger partial charge in [-0.3, -0.25) is 0 Å². The molecule has 118 valence electrons. The molecule has 1 atom stereocenters. The summed E-state index contributed by atoms with van der Waals surface area (Å²) >= 11 is 0. The Labute approximate surface area is 126 Å². The van der Waals surface area contributed by atoms with Crippen LogP contribution < -0.4 is 5.32 Å². The zero-order chi connectivity index (χ0) is 15.3. The number of anilines is 1. The van der Waals surface area contributed by atoms with E-state index in [9.17, 15) is 13.5 Å². The van der Waals surface area contributed by atoms with Gasteiger partial charge in [0.05, 0.1) is 23.7 Å². The van der Waals surface area contributed by atoms with Crippen LogP contribution in [0.4, 0.5) is 5.69 Å². The van der Waals surface area contributed by atoms with Gasteiger partial charge >= 0.3 is 0 Å². The first-order valence-electron chi connectivity index (χ1n) is 7.29. The van der Waals surface area contributed by atoms with E-state index >= 15 is 0 Å². The van der Waals surface area contributed by atoms with Crippen LogP contribution in [0, 0.1) is 0 Å². The van der Waals surface area contributed by atoms with Gasteiger partial charge in [-0.2, -0.15) is 0 Å². The quantitative estimate of drug-likeness (QED) is 0.803. The lowest BCUT2D eigenvalue weighted by Crippen LogP contribution is -2.27. The molecule has 0 spiro atoms. The molecular formula is C15H23NO4S. The molecule has 0 radical (unpaired) electrons. The minimum atomic E-state index is -3.17. The van der Waals surface area contributed by atoms with Crippen LogP contribution in [-0.4, -0.2) is 45.1 Å². The van der Waals surface area contributed by atoms with Gasteiger partial charge in [0.25, 0.3) is 0 Å². The molecule has 0 aromatic heterocycles. The summed E-state index contributed by atoms with van der Waals surface area (Å²) in [6, 6.07) is 6.50. The lowest BCUT2D eigenvalue weighted by molar-refractivity contribution is -0.00117. The molecule has 21 heavy (non-hydrogen) atoms. The Morgan fingerprint density at radius 1 is 1.29 bits per heavy atom. The second kappa shape index (κ2) is 7.24. The molecule has 1 aliphatic carbocycles. The molecule has 1 unspecified atom stereocenters. The van der Waals surface area contributed by atoms with Crippen molar-refractivity contribution in [3.63, 3.8) is 0 Å². The van der Waals surface area contributed by atoms with Crippen molar-refractivity contribution in [3.05, 3.63) is 24.3 Å². The first kappa shape index (κ1) is 16.3. The van der Waals surface area contributed by atoms with Crippen LogP contribution in [0.25, 0.3) is 0 Å². The van der Waals surface area contributed by atoms with Crippen molar-refractivity contribution in [2.75, 3.05) is 24.7 Å². The Morgan fingerprint density at radius 3 is 2.48 bits per heavy atom. The fourth-order valence-corrected chi connectivity index (χ4v) is 3.05. The van der Waals surface area contributed by atoms with Gasteiger partial charge in [-0.05, 0) is 37.1 Å². The molecule has 1 aromatic carbocycles. The maximum absolute atomic E-state index is 11.3. The molecule has 0 amide bonds. The normalized spacial score (nSPS) is 17.8. The minimum Gasteiger partial charge on any atom is -0.389 e. The van der Waals surface area contributed by atoms with E-state index in [1.807, 2.05) is 0 Å². The maximum Gasteiger partial charge on any atom is 0.175 e. The first-order chi connectivity index (χ1) is 9.95. The standard InChI is InChI=1S/C15H23NO4S/c1-21(18,19)15-8-6-12(7-9-15)16-10-13(17)11-20-14-4-2-3-5-14/h6-9,13-14,16-17H,2-5,10-11H2,1H3. The van der Waals surface area contributed by atoms with E-state index < -0.39 is 15.9 Å². The van der Waals surface area contributed by atoms with E-state index in [4.69, 9.17) is 4.74 Å². The van der Waals surface area contributed by atoms with E-state index in [1.165, 1.54) is 19.1 Å². The third-order valence-corrected chi connectivity index (χ3v) is 4.78. The predicted molar refractivity (Wildman–Crippen MR) is 82.3 cm³/mol. The van der Waals surface area contributed by atoms with Gasteiger partial charge in [0.1, 0.15) is 0 Å². The highest BCUT2D eigenvalue weighted by Crippen LogP contribution is 2.21. The predicted octanol–water partition coefficient (Wildman–Crippen LogP) is 1.82. The van der Waals surface area contributed by atoms with Crippen LogP contribution in [0.2, 0.25) is 0 Å². The molecule has 2 rings (SSSR count). The SMILES string of the molecule is CS(=O)(=O)c1ccc(NCC(O)COC2CCCC2)cc1. The number of ether oxygens (including phenoxy) is 1. The van der Waals surface area contributed by atoms with Gasteiger partial charge in [0.15, 0.2) is 9.84 Å². The Morgan fingerprint density at radius 2 is 1.90 bits per heavy atom. The zero-order valence-corrected chi connectivity index (χ0v) is 13.1. The van der Waals surface area contributed by atoms with Crippen molar-refractivity contribution in [1.82, 2.24) is 0 Å². The van der Waals surface area contributed by atoms with Gasteiger partial charge in [0.2, 0.25) is 0 Å². The molecule has 5 nitrogen and oxygen atoms in total. The lowest BCUT2D eigenvalue weighted by Gasteiger charge is -2.16. The Hall–Kier alpha value is -1.11. The number of hydrogen-bond donors (Lipinski definition) is 2. The number of aliphatic hydroxyl groups is 1. The molecule has 0 aliphatic heterocycles. The summed E-state index contributed by atoms with van der Waals surface area (Å²) < 4.78 is 28.3. The van der Waals surface area contributed by atoms with Crippen LogP contribution in [0.15, 0.2) is 29.2 Å². The summed E-state index contributed by atoms with van der Waals surface area (Å²) in [4.78, 5) is 0.290. The van der Waals surface area contributed by atoms with E-state index in [0.717, 1.165) is 18.5 Å². The fraction of sp³-hybridized carbons (Fsp3) is 0.600. The average Bonchev–Trinajstić information content (AvgIpc) is 2.95. The van der Waals surface area contributed by atoms with Crippen molar-refractivity contribution in [3.8, 4) is 0 Å². The van der Waals surface area contributed by atoms with Crippen molar-refractivity contribution >= 4 is 15.5 Å². The van der Waals surface area contributed by atoms with E-state index in [0.29, 0.717) is 19.3 Å². The van der Waals surface area contributed by atoms with Gasteiger partial charge in [-0.1, -0.05) is 12.8 Å². The van der Waals surface area contributed by atoms with Crippen LogP contribution in [0.5, 0.6) is 0 Å². The molecule has 2 N–H and O–H groups in total. The first-order valence-corrected chi connectivity index (χ1v) is 9.18. The largest absolute Gasteiger partial charge is 0.389 e. The molecule has 6 heteroatoms. The van der Waals surface area contributed by atoms with Crippen molar-refractivity contribution in [2.24, 2.45) is 0 Å². The van der Waals surface area contributed by atoms with Gasteiger partial charge < -0.3 is 15.2 Å². The van der Waals surface area contributed by atoms with Crippen molar-refractivity contribution in [1.29, 1.82) is 0 Å². The molecule has 0 heterocycles. The fourth-order valence-electron chi connectivity index (χ4n) is 2.42. The molecule has 1 fully saturated rings. The van der Waals surface area contributed by atoms with Crippen molar-refractivity contribution in [2.45, 2.75) is 42.8 Å². The second-order valence-electron chi connectivity index (χ2n) is 5.57. The van der Waals surface area contributed by atoms with Crippen LogP contribution >= 0.6 is 0 Å². The number of sulfone groups is 1. The van der Waals surface area contributed by atoms with Gasteiger partial charge in [0, 0.05) is 18.5 Å². The monoisotopic (exact) mass is 313 g/mol. The number of hydrogen-bond acceptors (Lipinski definition) is 5. The topological polar surface area (TPSA) is 75.6 Å². The Kier molecular flexibility index (Phi) is 5.61. The van der Waals surface area contributed by atoms with Crippen LogP contribution in [0.1, 0.15) is 25.7 Å². The molecule has 1 aromatic rings.